The van der Waals surface area contributed by atoms with Crippen molar-refractivity contribution >= 4 is 7.32 Å². The average molecular weight is 318 g/mol. The van der Waals surface area contributed by atoms with Crippen molar-refractivity contribution in [1.82, 2.24) is 0 Å². The van der Waals surface area contributed by atoms with Gasteiger partial charge in [0.1, 0.15) is 0 Å². The molecule has 0 fully saturated rings. The van der Waals surface area contributed by atoms with Gasteiger partial charge in [-0.3, -0.25) is 0 Å². The predicted octanol–water partition coefficient (Wildman–Crippen LogP) is 3.01. The van der Waals surface area contributed by atoms with Gasteiger partial charge in [-0.05, 0) is 16.7 Å². The van der Waals surface area contributed by atoms with Crippen molar-refractivity contribution < 1.29 is 14.7 Å². The molecule has 0 aliphatic rings. The SMILES string of the molecule is OB(O)OCC(c1ccccc1)(c1ccccc1)c1ccccc1. The van der Waals surface area contributed by atoms with Crippen molar-refractivity contribution in [2.45, 2.75) is 5.41 Å². The number of rotatable bonds is 6. The van der Waals surface area contributed by atoms with E-state index in [1.54, 1.807) is 0 Å². The molecule has 0 saturated carbocycles. The van der Waals surface area contributed by atoms with Gasteiger partial charge in [-0.25, -0.2) is 0 Å². The second kappa shape index (κ2) is 7.45. The topological polar surface area (TPSA) is 49.7 Å². The highest BCUT2D eigenvalue weighted by Crippen LogP contribution is 2.39. The van der Waals surface area contributed by atoms with Gasteiger partial charge in [0.15, 0.2) is 0 Å². The molecule has 0 saturated heterocycles. The molecule has 2 N–H and O–H groups in total. The van der Waals surface area contributed by atoms with Gasteiger partial charge in [0.2, 0.25) is 0 Å². The lowest BCUT2D eigenvalue weighted by atomic mass is 9.70. The summed E-state index contributed by atoms with van der Waals surface area (Å²) in [4.78, 5) is 0. The Morgan fingerprint density at radius 2 is 0.958 bits per heavy atom. The van der Waals surface area contributed by atoms with E-state index in [-0.39, 0.29) is 6.61 Å². The Bertz CT molecular complexity index is 649. The highest BCUT2D eigenvalue weighted by Gasteiger charge is 2.37. The third-order valence-corrected chi connectivity index (χ3v) is 4.25. The minimum absolute atomic E-state index is 0.114. The van der Waals surface area contributed by atoms with E-state index >= 15 is 0 Å². The first-order valence-electron chi connectivity index (χ1n) is 7.88. The Morgan fingerprint density at radius 3 is 1.25 bits per heavy atom. The van der Waals surface area contributed by atoms with E-state index < -0.39 is 12.7 Å². The molecule has 3 nitrogen and oxygen atoms in total. The minimum atomic E-state index is -1.82. The van der Waals surface area contributed by atoms with Crippen LogP contribution in [0, 0.1) is 0 Å². The quantitative estimate of drug-likeness (QED) is 0.543. The van der Waals surface area contributed by atoms with E-state index in [0.29, 0.717) is 0 Å². The zero-order chi connectivity index (χ0) is 16.8. The zero-order valence-electron chi connectivity index (χ0n) is 13.2. The first-order valence-corrected chi connectivity index (χ1v) is 7.88. The van der Waals surface area contributed by atoms with E-state index in [1.165, 1.54) is 0 Å². The number of hydrogen-bond acceptors (Lipinski definition) is 3. The van der Waals surface area contributed by atoms with Crippen LogP contribution in [-0.2, 0) is 10.1 Å². The van der Waals surface area contributed by atoms with E-state index in [9.17, 15) is 10.0 Å². The summed E-state index contributed by atoms with van der Waals surface area (Å²) in [5.41, 5.74) is 2.46. The van der Waals surface area contributed by atoms with Gasteiger partial charge in [-0.2, -0.15) is 0 Å². The van der Waals surface area contributed by atoms with Crippen molar-refractivity contribution in [1.29, 1.82) is 0 Å². The van der Waals surface area contributed by atoms with E-state index in [0.717, 1.165) is 16.7 Å². The maximum atomic E-state index is 9.29. The normalized spacial score (nSPS) is 11.2. The molecule has 3 aromatic carbocycles. The first kappa shape index (κ1) is 16.5. The van der Waals surface area contributed by atoms with Crippen LogP contribution in [0.3, 0.4) is 0 Å². The lowest BCUT2D eigenvalue weighted by molar-refractivity contribution is 0.162. The van der Waals surface area contributed by atoms with Crippen LogP contribution in [0.4, 0.5) is 0 Å². The molecule has 120 valence electrons. The molecule has 0 aliphatic heterocycles. The van der Waals surface area contributed by atoms with Crippen LogP contribution >= 0.6 is 0 Å². The molecular formula is C20H19BO3. The Kier molecular flexibility index (Phi) is 5.11. The summed E-state index contributed by atoms with van der Waals surface area (Å²) >= 11 is 0. The third-order valence-electron chi connectivity index (χ3n) is 4.25. The number of hydrogen-bond donors (Lipinski definition) is 2. The Hall–Kier alpha value is -2.40. The van der Waals surface area contributed by atoms with Crippen molar-refractivity contribution in [3.63, 3.8) is 0 Å². The zero-order valence-corrected chi connectivity index (χ0v) is 13.2. The molecule has 0 heterocycles. The van der Waals surface area contributed by atoms with E-state index in [1.807, 2.05) is 91.0 Å². The van der Waals surface area contributed by atoms with Crippen LogP contribution in [0.25, 0.3) is 0 Å². The van der Waals surface area contributed by atoms with Gasteiger partial charge in [-0.1, -0.05) is 91.0 Å². The lowest BCUT2D eigenvalue weighted by Crippen LogP contribution is -2.37. The fraction of sp³-hybridized carbons (Fsp3) is 0.100. The second-order valence-electron chi connectivity index (χ2n) is 5.64. The molecule has 0 unspecified atom stereocenters. The summed E-state index contributed by atoms with van der Waals surface area (Å²) in [7, 11) is -1.82. The third kappa shape index (κ3) is 3.26. The molecule has 0 bridgehead atoms. The van der Waals surface area contributed by atoms with Gasteiger partial charge < -0.3 is 14.7 Å². The maximum Gasteiger partial charge on any atom is 0.633 e. The molecule has 24 heavy (non-hydrogen) atoms. The van der Waals surface area contributed by atoms with Crippen LogP contribution in [0.5, 0.6) is 0 Å². The highest BCUT2D eigenvalue weighted by molar-refractivity contribution is 6.32. The fourth-order valence-corrected chi connectivity index (χ4v) is 3.12. The fourth-order valence-electron chi connectivity index (χ4n) is 3.12. The molecule has 0 spiro atoms. The van der Waals surface area contributed by atoms with Crippen molar-refractivity contribution in [2.75, 3.05) is 6.61 Å². The van der Waals surface area contributed by atoms with Crippen LogP contribution in [-0.4, -0.2) is 24.0 Å². The monoisotopic (exact) mass is 318 g/mol. The average Bonchev–Trinajstić information content (AvgIpc) is 2.65. The molecule has 4 heteroatoms. The standard InChI is InChI=1S/C20H19BO3/c22-21(23)24-16-20(17-10-4-1-5-11-17,18-12-6-2-7-13-18)19-14-8-3-9-15-19/h1-15,22-23H,16H2. The summed E-state index contributed by atoms with van der Waals surface area (Å²) in [6, 6.07) is 30.0. The van der Waals surface area contributed by atoms with E-state index in [4.69, 9.17) is 4.65 Å². The van der Waals surface area contributed by atoms with E-state index in [2.05, 4.69) is 0 Å². The molecule has 0 atom stereocenters. The van der Waals surface area contributed by atoms with Crippen LogP contribution in [0.1, 0.15) is 16.7 Å². The molecular weight excluding hydrogens is 299 g/mol. The highest BCUT2D eigenvalue weighted by atomic mass is 16.6. The van der Waals surface area contributed by atoms with Gasteiger partial charge >= 0.3 is 7.32 Å². The lowest BCUT2D eigenvalue weighted by Gasteiger charge is -2.35. The smallest absolute Gasteiger partial charge is 0.402 e. The second-order valence-corrected chi connectivity index (χ2v) is 5.64. The Balaban J connectivity index is 2.24. The summed E-state index contributed by atoms with van der Waals surface area (Å²) in [5.74, 6) is 0. The summed E-state index contributed by atoms with van der Waals surface area (Å²) < 4.78 is 5.28. The van der Waals surface area contributed by atoms with Gasteiger partial charge in [-0.15, -0.1) is 0 Å². The van der Waals surface area contributed by atoms with Crippen LogP contribution < -0.4 is 0 Å². The van der Waals surface area contributed by atoms with Crippen molar-refractivity contribution in [3.8, 4) is 0 Å². The first-order chi connectivity index (χ1) is 11.7. The summed E-state index contributed by atoms with van der Waals surface area (Å²) in [6.07, 6.45) is 0. The molecule has 0 aromatic heterocycles. The van der Waals surface area contributed by atoms with Crippen LogP contribution in [0.2, 0.25) is 0 Å². The van der Waals surface area contributed by atoms with Crippen molar-refractivity contribution in [3.05, 3.63) is 108 Å². The molecule has 0 radical (unpaired) electrons. The van der Waals surface area contributed by atoms with Gasteiger partial charge in [0, 0.05) is 0 Å². The molecule has 0 aliphatic carbocycles. The maximum absolute atomic E-state index is 9.29. The van der Waals surface area contributed by atoms with Crippen LogP contribution in [0.15, 0.2) is 91.0 Å². The summed E-state index contributed by atoms with van der Waals surface area (Å²) in [5, 5.41) is 18.6. The Morgan fingerprint density at radius 1 is 0.625 bits per heavy atom. The van der Waals surface area contributed by atoms with Gasteiger partial charge in [0.25, 0.3) is 0 Å². The minimum Gasteiger partial charge on any atom is -0.402 e. The Labute approximate surface area is 142 Å². The molecule has 3 aromatic rings. The molecule has 0 amide bonds. The summed E-state index contributed by atoms with van der Waals surface area (Å²) in [6.45, 7) is 0.114. The number of benzene rings is 3. The van der Waals surface area contributed by atoms with Crippen molar-refractivity contribution in [2.24, 2.45) is 0 Å². The molecule has 3 rings (SSSR count). The van der Waals surface area contributed by atoms with Gasteiger partial charge in [0.05, 0.1) is 12.0 Å². The predicted molar refractivity (Wildman–Crippen MR) is 95.4 cm³/mol. The largest absolute Gasteiger partial charge is 0.633 e.